The van der Waals surface area contributed by atoms with Crippen LogP contribution in [0.15, 0.2) is 30.6 Å². The van der Waals surface area contributed by atoms with Crippen LogP contribution in [-0.2, 0) is 16.0 Å². The molecule has 1 unspecified atom stereocenters. The Bertz CT molecular complexity index is 1100. The fourth-order valence-corrected chi connectivity index (χ4v) is 5.73. The quantitative estimate of drug-likeness (QED) is 0.757. The van der Waals surface area contributed by atoms with Crippen LogP contribution in [0.4, 0.5) is 13.2 Å². The average Bonchev–Trinajstić information content (AvgIpc) is 2.88. The summed E-state index contributed by atoms with van der Waals surface area (Å²) in [5.74, 6) is -0.777. The lowest BCUT2D eigenvalue weighted by atomic mass is 10.0. The second kappa shape index (κ2) is 5.23. The lowest BCUT2D eigenvalue weighted by Crippen LogP contribution is -2.23. The number of hydrogen-bond donors (Lipinski definition) is 0. The number of ketones is 1. The van der Waals surface area contributed by atoms with Gasteiger partial charge >= 0.3 is 6.18 Å². The van der Waals surface area contributed by atoms with Crippen molar-refractivity contribution in [1.82, 2.24) is 9.97 Å². The third kappa shape index (κ3) is 2.03. The second-order valence-electron chi connectivity index (χ2n) is 5.99. The number of carbonyl (C=O) groups excluding carboxylic acids is 1. The summed E-state index contributed by atoms with van der Waals surface area (Å²) in [6, 6.07) is 3.09. The minimum atomic E-state index is -4.80. The van der Waals surface area contributed by atoms with Crippen LogP contribution in [-0.4, -0.2) is 24.2 Å². The molecule has 1 atom stereocenters. The van der Waals surface area contributed by atoms with Crippen LogP contribution in [0.3, 0.4) is 0 Å². The Labute approximate surface area is 146 Å². The van der Waals surface area contributed by atoms with Crippen LogP contribution in [0, 0.1) is 0 Å². The molecular formula is C17H11F3N2O3S. The van der Waals surface area contributed by atoms with E-state index in [1.54, 1.807) is 6.92 Å². The van der Waals surface area contributed by atoms with E-state index in [0.29, 0.717) is 0 Å². The van der Waals surface area contributed by atoms with Gasteiger partial charge in [0, 0.05) is 23.5 Å². The molecule has 9 heteroatoms. The van der Waals surface area contributed by atoms with Crippen molar-refractivity contribution in [3.05, 3.63) is 58.7 Å². The number of nitrogens with zero attached hydrogens (tertiary/aromatic N) is 2. The van der Waals surface area contributed by atoms with Crippen molar-refractivity contribution >= 4 is 26.1 Å². The molecule has 0 N–H and O–H groups in total. The van der Waals surface area contributed by atoms with Gasteiger partial charge in [-0.25, -0.2) is 8.42 Å². The summed E-state index contributed by atoms with van der Waals surface area (Å²) in [5.41, 5.74) is -2.16. The van der Waals surface area contributed by atoms with Crippen LogP contribution >= 0.6 is 0 Å². The van der Waals surface area contributed by atoms with E-state index in [1.807, 2.05) is 0 Å². The largest absolute Gasteiger partial charge is 0.417 e. The zero-order valence-electron chi connectivity index (χ0n) is 13.3. The monoisotopic (exact) mass is 380 g/mol. The Balaban J connectivity index is 2.17. The molecule has 0 amide bonds. The molecule has 0 saturated carbocycles. The molecule has 0 fully saturated rings. The summed E-state index contributed by atoms with van der Waals surface area (Å²) < 4.78 is 66.8. The molecule has 1 aliphatic carbocycles. The number of Topliss-reactive ketones (excluding diaryl/α,β-unsaturated/α-hetero) is 1. The average molecular weight is 380 g/mol. The summed E-state index contributed by atoms with van der Waals surface area (Å²) in [6.45, 7) is 1.60. The van der Waals surface area contributed by atoms with Crippen molar-refractivity contribution in [3.63, 3.8) is 0 Å². The van der Waals surface area contributed by atoms with E-state index in [2.05, 4.69) is 9.97 Å². The first kappa shape index (κ1) is 16.9. The maximum absolute atomic E-state index is 13.5. The van der Waals surface area contributed by atoms with Crippen LogP contribution in [0.2, 0.25) is 0 Å². The van der Waals surface area contributed by atoms with E-state index < -0.39 is 43.1 Å². The maximum Gasteiger partial charge on any atom is 0.417 e. The van der Waals surface area contributed by atoms with Gasteiger partial charge in [-0.2, -0.15) is 13.2 Å². The number of allylic oxidation sites excluding steroid dienone is 1. The number of benzene rings is 1. The Morgan fingerprint density at radius 2 is 1.85 bits per heavy atom. The normalized spacial score (nSPS) is 20.6. The van der Waals surface area contributed by atoms with Gasteiger partial charge in [0.1, 0.15) is 5.25 Å². The molecule has 2 aliphatic rings. The molecule has 134 valence electrons. The smallest absolute Gasteiger partial charge is 0.288 e. The molecule has 0 saturated heterocycles. The molecular weight excluding hydrogens is 369 g/mol. The van der Waals surface area contributed by atoms with Crippen molar-refractivity contribution in [2.45, 2.75) is 24.8 Å². The number of rotatable bonds is 1. The molecule has 2 heterocycles. The number of halogens is 3. The van der Waals surface area contributed by atoms with Crippen molar-refractivity contribution in [1.29, 1.82) is 0 Å². The molecule has 4 rings (SSSR count). The van der Waals surface area contributed by atoms with Gasteiger partial charge in [-0.3, -0.25) is 14.8 Å². The minimum absolute atomic E-state index is 0.0403. The van der Waals surface area contributed by atoms with Crippen molar-refractivity contribution in [3.8, 4) is 0 Å². The van der Waals surface area contributed by atoms with E-state index >= 15 is 0 Å². The molecule has 5 nitrogen and oxygen atoms in total. The number of alkyl halides is 3. The van der Waals surface area contributed by atoms with E-state index in [-0.39, 0.29) is 28.9 Å². The predicted octanol–water partition coefficient (Wildman–Crippen LogP) is 3.44. The molecule has 26 heavy (non-hydrogen) atoms. The number of carbonyl (C=O) groups is 1. The lowest BCUT2D eigenvalue weighted by Gasteiger charge is -2.25. The van der Waals surface area contributed by atoms with Gasteiger partial charge in [-0.1, -0.05) is 19.1 Å². The number of hydrogen-bond acceptors (Lipinski definition) is 5. The first-order chi connectivity index (χ1) is 12.2. The summed E-state index contributed by atoms with van der Waals surface area (Å²) >= 11 is 0. The number of aromatic nitrogens is 2. The van der Waals surface area contributed by atoms with E-state index in [4.69, 9.17) is 0 Å². The standard InChI is InChI=1S/C17H11F3N2O3S/c1-2-10-13-14(22-7-6-21-13)12-15(23)8-4-3-5-9(17(18,19)20)11(8)16(12)26(10,24)25/h3-7,10H,2H2,1H3. The maximum atomic E-state index is 13.5. The van der Waals surface area contributed by atoms with Crippen LogP contribution in [0.25, 0.3) is 10.5 Å². The van der Waals surface area contributed by atoms with Crippen LogP contribution < -0.4 is 0 Å². The highest BCUT2D eigenvalue weighted by Gasteiger charge is 2.51. The van der Waals surface area contributed by atoms with Gasteiger partial charge in [0.05, 0.1) is 27.4 Å². The molecule has 0 bridgehead atoms. The van der Waals surface area contributed by atoms with E-state index in [9.17, 15) is 26.4 Å². The van der Waals surface area contributed by atoms with Gasteiger partial charge in [-0.15, -0.1) is 0 Å². The Hall–Kier alpha value is -2.55. The first-order valence-electron chi connectivity index (χ1n) is 7.74. The Morgan fingerprint density at radius 1 is 1.15 bits per heavy atom. The molecule has 0 spiro atoms. The zero-order valence-corrected chi connectivity index (χ0v) is 14.1. The minimum Gasteiger partial charge on any atom is -0.288 e. The van der Waals surface area contributed by atoms with Gasteiger partial charge in [0.2, 0.25) is 0 Å². The molecule has 2 aromatic rings. The fraction of sp³-hybridized carbons (Fsp3) is 0.235. The molecule has 1 aliphatic heterocycles. The van der Waals surface area contributed by atoms with E-state index in [1.165, 1.54) is 18.5 Å². The highest BCUT2D eigenvalue weighted by atomic mass is 32.2. The third-order valence-corrected chi connectivity index (χ3v) is 6.88. The molecule has 1 aromatic carbocycles. The second-order valence-corrected chi connectivity index (χ2v) is 8.06. The highest BCUT2D eigenvalue weighted by molar-refractivity contribution is 8.01. The Morgan fingerprint density at radius 3 is 2.50 bits per heavy atom. The number of fused-ring (bicyclic) bond motifs is 4. The van der Waals surface area contributed by atoms with Gasteiger partial charge in [0.25, 0.3) is 0 Å². The Kier molecular flexibility index (Phi) is 3.40. The molecule has 1 aromatic heterocycles. The van der Waals surface area contributed by atoms with Gasteiger partial charge in [0.15, 0.2) is 15.6 Å². The SMILES string of the molecule is CCC1c2nccnc2C2=C(c3c(cccc3C(F)(F)F)C2=O)S1(=O)=O. The third-order valence-electron chi connectivity index (χ3n) is 4.59. The summed E-state index contributed by atoms with van der Waals surface area (Å²) in [4.78, 5) is 20.3. The summed E-state index contributed by atoms with van der Waals surface area (Å²) in [5, 5.41) is -1.15. The van der Waals surface area contributed by atoms with Gasteiger partial charge in [-0.05, 0) is 12.5 Å². The fourth-order valence-electron chi connectivity index (χ4n) is 3.56. The van der Waals surface area contributed by atoms with Crippen LogP contribution in [0.5, 0.6) is 0 Å². The zero-order chi connectivity index (χ0) is 18.9. The first-order valence-corrected chi connectivity index (χ1v) is 9.29. The predicted molar refractivity (Wildman–Crippen MR) is 86.6 cm³/mol. The number of sulfone groups is 1. The lowest BCUT2D eigenvalue weighted by molar-refractivity contribution is -0.137. The molecule has 0 radical (unpaired) electrons. The topological polar surface area (TPSA) is 77.0 Å². The van der Waals surface area contributed by atoms with Crippen molar-refractivity contribution in [2.24, 2.45) is 0 Å². The summed E-state index contributed by atoms with van der Waals surface area (Å²) in [7, 11) is -4.24. The van der Waals surface area contributed by atoms with E-state index in [0.717, 1.165) is 12.1 Å². The summed E-state index contributed by atoms with van der Waals surface area (Å²) in [6.07, 6.45) is -2.11. The van der Waals surface area contributed by atoms with Crippen LogP contribution in [0.1, 0.15) is 51.5 Å². The van der Waals surface area contributed by atoms with Crippen molar-refractivity contribution < 1.29 is 26.4 Å². The van der Waals surface area contributed by atoms with Crippen molar-refractivity contribution in [2.75, 3.05) is 0 Å². The van der Waals surface area contributed by atoms with Gasteiger partial charge < -0.3 is 0 Å². The highest BCUT2D eigenvalue weighted by Crippen LogP contribution is 2.53.